The predicted octanol–water partition coefficient (Wildman–Crippen LogP) is 9.93. The molecule has 0 unspecified atom stereocenters. The molecule has 8 aromatic rings. The highest BCUT2D eigenvalue weighted by molar-refractivity contribution is 6.20. The van der Waals surface area contributed by atoms with E-state index in [0.717, 1.165) is 28.0 Å². The lowest BCUT2D eigenvalue weighted by Crippen LogP contribution is -1.98. The number of fused-ring (bicyclic) bond motifs is 5. The number of nitrogens with zero attached hydrogens (tertiary/aromatic N) is 3. The smallest absolute Gasteiger partial charge is 0.0991 e. The summed E-state index contributed by atoms with van der Waals surface area (Å²) in [6.45, 7) is 0. The van der Waals surface area contributed by atoms with Crippen LogP contribution in [-0.4, -0.2) is 9.13 Å². The second-order valence-electron chi connectivity index (χ2n) is 10.6. The number of hydrogen-bond donors (Lipinski definition) is 0. The van der Waals surface area contributed by atoms with Crippen molar-refractivity contribution in [3.05, 3.63) is 157 Å². The molecule has 0 aliphatic rings. The average molecular weight is 536 g/mol. The van der Waals surface area contributed by atoms with Gasteiger partial charge in [-0.2, -0.15) is 5.26 Å². The van der Waals surface area contributed by atoms with Crippen molar-refractivity contribution in [3.8, 4) is 39.7 Å². The van der Waals surface area contributed by atoms with Crippen molar-refractivity contribution in [2.24, 2.45) is 0 Å². The molecule has 0 N–H and O–H groups in total. The van der Waals surface area contributed by atoms with Crippen molar-refractivity contribution in [2.75, 3.05) is 0 Å². The largest absolute Gasteiger partial charge is 0.314 e. The Labute approximate surface area is 243 Å². The van der Waals surface area contributed by atoms with Crippen LogP contribution >= 0.6 is 0 Å². The number of aromatic nitrogens is 2. The predicted molar refractivity (Wildman–Crippen MR) is 173 cm³/mol. The molecule has 2 aromatic heterocycles. The van der Waals surface area contributed by atoms with Gasteiger partial charge in [-0.1, -0.05) is 103 Å². The monoisotopic (exact) mass is 535 g/mol. The third-order valence-electron chi connectivity index (χ3n) is 8.15. The Hall–Kier alpha value is -5.85. The zero-order valence-corrected chi connectivity index (χ0v) is 22.8. The minimum Gasteiger partial charge on any atom is -0.314 e. The summed E-state index contributed by atoms with van der Waals surface area (Å²) < 4.78 is 4.74. The molecule has 0 atom stereocenters. The molecule has 0 aliphatic carbocycles. The number of para-hydroxylation sites is 2. The Balaban J connectivity index is 1.50. The summed E-state index contributed by atoms with van der Waals surface area (Å²) in [5.74, 6) is 0. The number of rotatable bonds is 4. The fourth-order valence-electron chi connectivity index (χ4n) is 6.27. The van der Waals surface area contributed by atoms with E-state index in [2.05, 4.69) is 149 Å². The van der Waals surface area contributed by atoms with Crippen molar-refractivity contribution >= 4 is 32.7 Å². The van der Waals surface area contributed by atoms with Crippen molar-refractivity contribution < 1.29 is 0 Å². The van der Waals surface area contributed by atoms with Gasteiger partial charge in [-0.25, -0.2) is 0 Å². The summed E-state index contributed by atoms with van der Waals surface area (Å²) in [5, 5.41) is 13.1. The highest BCUT2D eigenvalue weighted by Gasteiger charge is 2.21. The van der Waals surface area contributed by atoms with Gasteiger partial charge in [-0.05, 0) is 59.2 Å². The van der Waals surface area contributed by atoms with Gasteiger partial charge in [-0.3, -0.25) is 0 Å². The van der Waals surface area contributed by atoms with E-state index in [1.165, 1.54) is 38.3 Å². The molecule has 42 heavy (non-hydrogen) atoms. The molecule has 3 nitrogen and oxygen atoms in total. The zero-order valence-electron chi connectivity index (χ0n) is 22.8. The van der Waals surface area contributed by atoms with Crippen LogP contribution in [-0.2, 0) is 0 Å². The summed E-state index contributed by atoms with van der Waals surface area (Å²) in [4.78, 5) is 0. The quantitative estimate of drug-likeness (QED) is 0.221. The van der Waals surface area contributed by atoms with Gasteiger partial charge >= 0.3 is 0 Å². The van der Waals surface area contributed by atoms with Crippen LogP contribution in [0.2, 0.25) is 0 Å². The van der Waals surface area contributed by atoms with Crippen LogP contribution in [0.5, 0.6) is 0 Å². The topological polar surface area (TPSA) is 33.6 Å². The average Bonchev–Trinajstić information content (AvgIpc) is 3.62. The number of benzene rings is 6. The second-order valence-corrected chi connectivity index (χ2v) is 10.6. The van der Waals surface area contributed by atoms with Crippen LogP contribution < -0.4 is 0 Å². The van der Waals surface area contributed by atoms with Crippen molar-refractivity contribution in [1.29, 1.82) is 5.26 Å². The van der Waals surface area contributed by atoms with E-state index >= 15 is 0 Å². The van der Waals surface area contributed by atoms with Gasteiger partial charge in [0.05, 0.1) is 28.2 Å². The minimum atomic E-state index is 0.658. The van der Waals surface area contributed by atoms with Crippen molar-refractivity contribution in [1.82, 2.24) is 9.13 Å². The van der Waals surface area contributed by atoms with E-state index in [4.69, 9.17) is 0 Å². The van der Waals surface area contributed by atoms with E-state index < -0.39 is 0 Å². The summed E-state index contributed by atoms with van der Waals surface area (Å²) in [6.07, 6.45) is 2.28. The number of hydrogen-bond acceptors (Lipinski definition) is 1. The van der Waals surface area contributed by atoms with Crippen molar-refractivity contribution in [2.45, 2.75) is 0 Å². The zero-order chi connectivity index (χ0) is 28.0. The van der Waals surface area contributed by atoms with Crippen LogP contribution in [0.25, 0.3) is 66.3 Å². The van der Waals surface area contributed by atoms with Crippen LogP contribution in [0.15, 0.2) is 152 Å². The molecule has 2 heterocycles. The van der Waals surface area contributed by atoms with Crippen LogP contribution in [0.4, 0.5) is 0 Å². The molecule has 3 heteroatoms. The first-order valence-corrected chi connectivity index (χ1v) is 14.1. The van der Waals surface area contributed by atoms with Gasteiger partial charge < -0.3 is 9.13 Å². The summed E-state index contributed by atoms with van der Waals surface area (Å²) in [7, 11) is 0. The summed E-state index contributed by atoms with van der Waals surface area (Å²) in [6, 6.07) is 53.2. The minimum absolute atomic E-state index is 0.658. The lowest BCUT2D eigenvalue weighted by Gasteiger charge is -2.13. The summed E-state index contributed by atoms with van der Waals surface area (Å²) in [5.41, 5.74) is 10.9. The van der Waals surface area contributed by atoms with Gasteiger partial charge in [0.25, 0.3) is 0 Å². The maximum absolute atomic E-state index is 9.50. The first kappa shape index (κ1) is 24.0. The van der Waals surface area contributed by atoms with E-state index in [1.807, 2.05) is 18.2 Å². The molecule has 196 valence electrons. The Morgan fingerprint density at radius 1 is 0.476 bits per heavy atom. The van der Waals surface area contributed by atoms with Gasteiger partial charge in [-0.15, -0.1) is 0 Å². The van der Waals surface area contributed by atoms with Crippen molar-refractivity contribution in [3.63, 3.8) is 0 Å². The van der Waals surface area contributed by atoms with Gasteiger partial charge in [0.1, 0.15) is 0 Å². The molecule has 0 radical (unpaired) electrons. The molecule has 0 amide bonds. The second kappa shape index (κ2) is 9.66. The fourth-order valence-corrected chi connectivity index (χ4v) is 6.27. The fraction of sp³-hybridized carbons (Fsp3) is 0. The maximum Gasteiger partial charge on any atom is 0.0991 e. The molecule has 0 fully saturated rings. The Kier molecular flexibility index (Phi) is 5.52. The molecular weight excluding hydrogens is 510 g/mol. The standard InChI is InChI=1S/C39H25N3/c40-25-27-11-9-14-29(23-27)30-15-10-18-32(24-30)42-37-20-8-7-19-33(37)34-21-22-35-36(28-12-3-1-4-13-28)26-41(38(35)39(34)42)31-16-5-2-6-17-31/h1-24,26H. The lowest BCUT2D eigenvalue weighted by atomic mass is 10.0. The van der Waals surface area contributed by atoms with E-state index in [-0.39, 0.29) is 0 Å². The Bertz CT molecular complexity index is 2300. The maximum atomic E-state index is 9.50. The third kappa shape index (κ3) is 3.74. The molecule has 0 bridgehead atoms. The van der Waals surface area contributed by atoms with Gasteiger partial charge in [0.2, 0.25) is 0 Å². The molecule has 0 saturated carbocycles. The van der Waals surface area contributed by atoms with E-state index in [1.54, 1.807) is 0 Å². The normalized spacial score (nSPS) is 11.3. The number of nitriles is 1. The molecule has 0 spiro atoms. The SMILES string of the molecule is N#Cc1cccc(-c2cccc(-n3c4ccccc4c4ccc5c(-c6ccccc6)cn(-c6ccccc6)c5c43)c2)c1. The first-order chi connectivity index (χ1) is 20.8. The molecule has 0 saturated heterocycles. The van der Waals surface area contributed by atoms with Crippen LogP contribution in [0.3, 0.4) is 0 Å². The molecule has 6 aromatic carbocycles. The van der Waals surface area contributed by atoms with E-state index in [0.29, 0.717) is 5.56 Å². The van der Waals surface area contributed by atoms with Gasteiger partial charge in [0, 0.05) is 39.3 Å². The van der Waals surface area contributed by atoms with Crippen LogP contribution in [0.1, 0.15) is 5.56 Å². The highest BCUT2D eigenvalue weighted by Crippen LogP contribution is 2.42. The molecule has 0 aliphatic heterocycles. The first-order valence-electron chi connectivity index (χ1n) is 14.1. The van der Waals surface area contributed by atoms with Gasteiger partial charge in [0.15, 0.2) is 0 Å². The Morgan fingerprint density at radius 2 is 1.12 bits per heavy atom. The lowest BCUT2D eigenvalue weighted by molar-refractivity contribution is 1.12. The highest BCUT2D eigenvalue weighted by atomic mass is 15.0. The Morgan fingerprint density at radius 3 is 1.93 bits per heavy atom. The molecular formula is C39H25N3. The molecule has 8 rings (SSSR count). The summed E-state index contributed by atoms with van der Waals surface area (Å²) >= 11 is 0. The van der Waals surface area contributed by atoms with E-state index in [9.17, 15) is 5.26 Å². The third-order valence-corrected chi connectivity index (χ3v) is 8.15. The van der Waals surface area contributed by atoms with Crippen LogP contribution in [0, 0.1) is 11.3 Å².